The fourth-order valence-electron chi connectivity index (χ4n) is 3.33. The predicted molar refractivity (Wildman–Crippen MR) is 102 cm³/mol. The van der Waals surface area contributed by atoms with Crippen LogP contribution in [0.25, 0.3) is 0 Å². The second-order valence-corrected chi connectivity index (χ2v) is 8.69. The van der Waals surface area contributed by atoms with Crippen LogP contribution >= 0.6 is 39.3 Å². The summed E-state index contributed by atoms with van der Waals surface area (Å²) in [6.07, 6.45) is 3.62. The molecule has 0 bridgehead atoms. The van der Waals surface area contributed by atoms with Gasteiger partial charge in [-0.25, -0.2) is 0 Å². The van der Waals surface area contributed by atoms with E-state index in [-0.39, 0.29) is 11.9 Å². The van der Waals surface area contributed by atoms with Gasteiger partial charge in [-0.3, -0.25) is 4.79 Å². The van der Waals surface area contributed by atoms with Crippen LogP contribution in [-0.4, -0.2) is 59.4 Å². The van der Waals surface area contributed by atoms with Crippen LogP contribution in [0.15, 0.2) is 22.7 Å². The molecule has 1 unspecified atom stereocenters. The number of carbonyl (C=O) groups is 1. The van der Waals surface area contributed by atoms with Gasteiger partial charge in [0.05, 0.1) is 16.6 Å². The van der Waals surface area contributed by atoms with E-state index in [1.807, 2.05) is 23.9 Å². The molecule has 2 fully saturated rings. The molecule has 2 heterocycles. The number of benzene rings is 1. The first-order chi connectivity index (χ1) is 11.1. The van der Waals surface area contributed by atoms with Crippen molar-refractivity contribution < 1.29 is 4.79 Å². The summed E-state index contributed by atoms with van der Waals surface area (Å²) < 4.78 is 0.894. The van der Waals surface area contributed by atoms with E-state index < -0.39 is 0 Å². The Labute approximate surface area is 155 Å². The molecule has 23 heavy (non-hydrogen) atoms. The van der Waals surface area contributed by atoms with E-state index in [9.17, 15) is 4.79 Å². The standard InChI is InChI=1S/C17H22BrClN2OS/c18-13-4-5-16(19)15(10-13)17(22)21-8-3-9-23-12-14(21)11-20-6-1-2-7-20/h4-5,10,14H,1-3,6-9,11-12H2. The Hall–Kier alpha value is -0.230. The van der Waals surface area contributed by atoms with Gasteiger partial charge >= 0.3 is 0 Å². The summed E-state index contributed by atoms with van der Waals surface area (Å²) in [7, 11) is 0. The van der Waals surface area contributed by atoms with Gasteiger partial charge in [0.25, 0.3) is 5.91 Å². The first-order valence-corrected chi connectivity index (χ1v) is 10.5. The van der Waals surface area contributed by atoms with Crippen LogP contribution in [0.2, 0.25) is 5.02 Å². The number of thioether (sulfide) groups is 1. The predicted octanol–water partition coefficient (Wildman–Crippen LogP) is 4.15. The quantitative estimate of drug-likeness (QED) is 0.738. The number of carbonyl (C=O) groups excluding carboxylic acids is 1. The molecule has 2 aliphatic rings. The zero-order chi connectivity index (χ0) is 16.2. The van der Waals surface area contributed by atoms with Crippen molar-refractivity contribution in [1.82, 2.24) is 9.80 Å². The molecule has 0 N–H and O–H groups in total. The molecule has 2 saturated heterocycles. The largest absolute Gasteiger partial charge is 0.333 e. The van der Waals surface area contributed by atoms with Gasteiger partial charge in [0, 0.05) is 23.3 Å². The van der Waals surface area contributed by atoms with Gasteiger partial charge in [-0.2, -0.15) is 11.8 Å². The molecule has 1 amide bonds. The van der Waals surface area contributed by atoms with Crippen LogP contribution in [0, 0.1) is 0 Å². The normalized spacial score (nSPS) is 23.0. The van der Waals surface area contributed by atoms with E-state index in [4.69, 9.17) is 11.6 Å². The molecule has 0 radical (unpaired) electrons. The van der Waals surface area contributed by atoms with Crippen molar-refractivity contribution in [3.63, 3.8) is 0 Å². The number of halogens is 2. The summed E-state index contributed by atoms with van der Waals surface area (Å²) in [6, 6.07) is 5.79. The van der Waals surface area contributed by atoms with E-state index >= 15 is 0 Å². The highest BCUT2D eigenvalue weighted by Crippen LogP contribution is 2.26. The Morgan fingerprint density at radius 2 is 2.04 bits per heavy atom. The number of amides is 1. The van der Waals surface area contributed by atoms with Crippen molar-refractivity contribution in [2.24, 2.45) is 0 Å². The monoisotopic (exact) mass is 416 g/mol. The Kier molecular flexibility index (Phi) is 6.30. The van der Waals surface area contributed by atoms with Gasteiger partial charge in [-0.05, 0) is 56.3 Å². The summed E-state index contributed by atoms with van der Waals surface area (Å²) in [5.74, 6) is 2.23. The fraction of sp³-hybridized carbons (Fsp3) is 0.588. The molecule has 0 spiro atoms. The van der Waals surface area contributed by atoms with Crippen molar-refractivity contribution in [3.8, 4) is 0 Å². The SMILES string of the molecule is O=C(c1cc(Br)ccc1Cl)N1CCCSCC1CN1CCCC1. The molecule has 3 nitrogen and oxygen atoms in total. The van der Waals surface area contributed by atoms with E-state index in [1.165, 1.54) is 25.9 Å². The summed E-state index contributed by atoms with van der Waals surface area (Å²) >= 11 is 11.7. The molecule has 0 saturated carbocycles. The van der Waals surface area contributed by atoms with Crippen molar-refractivity contribution in [3.05, 3.63) is 33.3 Å². The van der Waals surface area contributed by atoms with Crippen LogP contribution in [0.3, 0.4) is 0 Å². The minimum absolute atomic E-state index is 0.0722. The Balaban J connectivity index is 1.80. The Bertz CT molecular complexity index is 566. The minimum Gasteiger partial charge on any atom is -0.333 e. The molecular weight excluding hydrogens is 396 g/mol. The summed E-state index contributed by atoms with van der Waals surface area (Å²) in [6.45, 7) is 4.15. The third-order valence-corrected chi connectivity index (χ3v) is 6.55. The van der Waals surface area contributed by atoms with E-state index in [1.54, 1.807) is 6.07 Å². The van der Waals surface area contributed by atoms with Crippen LogP contribution in [0.4, 0.5) is 0 Å². The molecular formula is C17H22BrClN2OS. The van der Waals surface area contributed by atoms with Crippen molar-refractivity contribution in [2.45, 2.75) is 25.3 Å². The highest BCUT2D eigenvalue weighted by Gasteiger charge is 2.29. The lowest BCUT2D eigenvalue weighted by atomic mass is 10.1. The van der Waals surface area contributed by atoms with Crippen LogP contribution < -0.4 is 0 Å². The minimum atomic E-state index is 0.0722. The van der Waals surface area contributed by atoms with Crippen LogP contribution in [-0.2, 0) is 0 Å². The maximum atomic E-state index is 13.1. The van der Waals surface area contributed by atoms with Gasteiger partial charge in [0.1, 0.15) is 0 Å². The number of rotatable bonds is 3. The van der Waals surface area contributed by atoms with Crippen LogP contribution in [0.5, 0.6) is 0 Å². The van der Waals surface area contributed by atoms with Crippen molar-refractivity contribution in [1.29, 1.82) is 0 Å². The van der Waals surface area contributed by atoms with Gasteiger partial charge in [-0.1, -0.05) is 27.5 Å². The second-order valence-electron chi connectivity index (χ2n) is 6.21. The number of likely N-dealkylation sites (tertiary alicyclic amines) is 1. The average molecular weight is 418 g/mol. The highest BCUT2D eigenvalue weighted by molar-refractivity contribution is 9.10. The topological polar surface area (TPSA) is 23.6 Å². The van der Waals surface area contributed by atoms with Gasteiger partial charge in [-0.15, -0.1) is 0 Å². The number of hydrogen-bond donors (Lipinski definition) is 0. The molecule has 1 aromatic rings. The molecule has 126 valence electrons. The second kappa shape index (κ2) is 8.24. The van der Waals surface area contributed by atoms with Crippen molar-refractivity contribution in [2.75, 3.05) is 37.7 Å². The number of nitrogens with zero attached hydrogens (tertiary/aromatic N) is 2. The number of hydrogen-bond acceptors (Lipinski definition) is 3. The van der Waals surface area contributed by atoms with E-state index in [2.05, 4.69) is 25.7 Å². The van der Waals surface area contributed by atoms with Gasteiger partial charge < -0.3 is 9.80 Å². The molecule has 1 atom stereocenters. The third kappa shape index (κ3) is 4.44. The summed E-state index contributed by atoms with van der Waals surface area (Å²) in [5, 5.41) is 0.537. The molecule has 3 rings (SSSR count). The first kappa shape index (κ1) is 17.6. The Morgan fingerprint density at radius 3 is 2.83 bits per heavy atom. The fourth-order valence-corrected chi connectivity index (χ4v) is 4.94. The lowest BCUT2D eigenvalue weighted by Gasteiger charge is -2.33. The highest BCUT2D eigenvalue weighted by atomic mass is 79.9. The molecule has 0 aromatic heterocycles. The summed E-state index contributed by atoms with van der Waals surface area (Å²) in [4.78, 5) is 17.7. The zero-order valence-electron chi connectivity index (χ0n) is 13.1. The first-order valence-electron chi connectivity index (χ1n) is 8.21. The lowest BCUT2D eigenvalue weighted by Crippen LogP contribution is -2.47. The van der Waals surface area contributed by atoms with E-state index in [0.29, 0.717) is 10.6 Å². The third-order valence-electron chi connectivity index (χ3n) is 4.53. The van der Waals surface area contributed by atoms with Crippen LogP contribution in [0.1, 0.15) is 29.6 Å². The van der Waals surface area contributed by atoms with Gasteiger partial charge in [0.2, 0.25) is 0 Å². The molecule has 2 aliphatic heterocycles. The maximum Gasteiger partial charge on any atom is 0.255 e. The van der Waals surface area contributed by atoms with E-state index in [0.717, 1.165) is 35.5 Å². The zero-order valence-corrected chi connectivity index (χ0v) is 16.3. The maximum absolute atomic E-state index is 13.1. The average Bonchev–Trinajstić information content (AvgIpc) is 2.94. The smallest absolute Gasteiger partial charge is 0.255 e. The lowest BCUT2D eigenvalue weighted by molar-refractivity contribution is 0.0667. The van der Waals surface area contributed by atoms with Gasteiger partial charge in [0.15, 0.2) is 0 Å². The van der Waals surface area contributed by atoms with Crippen molar-refractivity contribution >= 4 is 45.2 Å². The Morgan fingerprint density at radius 1 is 1.26 bits per heavy atom. The molecule has 0 aliphatic carbocycles. The summed E-state index contributed by atoms with van der Waals surface area (Å²) in [5.41, 5.74) is 0.611. The molecule has 6 heteroatoms. The molecule has 1 aromatic carbocycles.